The zero-order chi connectivity index (χ0) is 18.1. The van der Waals surface area contributed by atoms with Crippen LogP contribution in [0.15, 0.2) is 11.0 Å². The molecule has 134 valence electrons. The monoisotopic (exact) mass is 341 g/mol. The third kappa shape index (κ3) is 4.31. The van der Waals surface area contributed by atoms with Crippen LogP contribution in [-0.4, -0.2) is 50.3 Å². The largest absolute Gasteiger partial charge is 0.444 e. The summed E-state index contributed by atoms with van der Waals surface area (Å²) in [6.07, 6.45) is -1.35. The fourth-order valence-corrected chi connectivity index (χ4v) is 2.35. The van der Waals surface area contributed by atoms with E-state index >= 15 is 0 Å². The molecule has 1 fully saturated rings. The van der Waals surface area contributed by atoms with E-state index in [1.54, 1.807) is 27.7 Å². The number of carbonyl (C=O) groups is 1. The van der Waals surface area contributed by atoms with Crippen LogP contribution in [0.2, 0.25) is 0 Å². The molecule has 0 aliphatic carbocycles. The van der Waals surface area contributed by atoms with Crippen molar-refractivity contribution in [2.24, 2.45) is 0 Å². The summed E-state index contributed by atoms with van der Waals surface area (Å²) in [6.45, 7) is 6.52. The lowest BCUT2D eigenvalue weighted by Gasteiger charge is -2.20. The number of aryl methyl sites for hydroxylation is 1. The highest BCUT2D eigenvalue weighted by molar-refractivity contribution is 5.84. The zero-order valence-electron chi connectivity index (χ0n) is 14.1. The molecule has 1 saturated heterocycles. The average Bonchev–Trinajstić information content (AvgIpc) is 2.81. The Labute approximate surface area is 139 Å². The molecule has 1 aliphatic heterocycles. The number of aliphatic hydroxyl groups excluding tert-OH is 2. The van der Waals surface area contributed by atoms with Gasteiger partial charge in [0.25, 0.3) is 0 Å². The van der Waals surface area contributed by atoms with Crippen molar-refractivity contribution in [2.45, 2.75) is 58.2 Å². The smallest absolute Gasteiger partial charge is 0.413 e. The van der Waals surface area contributed by atoms with Crippen molar-refractivity contribution >= 4 is 11.9 Å². The van der Waals surface area contributed by atoms with Crippen LogP contribution in [-0.2, 0) is 9.47 Å². The van der Waals surface area contributed by atoms with Gasteiger partial charge in [-0.05, 0) is 27.7 Å². The Balaban J connectivity index is 2.17. The number of hydrogen-bond donors (Lipinski definition) is 3. The number of nitrogens with zero attached hydrogens (tertiary/aromatic N) is 2. The molecule has 0 bridgehead atoms. The minimum Gasteiger partial charge on any atom is -0.444 e. The Morgan fingerprint density at radius 2 is 2.21 bits per heavy atom. The molecular weight excluding hydrogens is 318 g/mol. The number of hydrogen-bond acceptors (Lipinski definition) is 7. The molecule has 3 N–H and O–H groups in total. The van der Waals surface area contributed by atoms with Gasteiger partial charge in [0.2, 0.25) is 0 Å². The summed E-state index contributed by atoms with van der Waals surface area (Å²) in [5.41, 5.74) is -0.770. The summed E-state index contributed by atoms with van der Waals surface area (Å²) in [6, 6.07) is 0. The molecule has 1 amide bonds. The molecule has 3 unspecified atom stereocenters. The fourth-order valence-electron chi connectivity index (χ4n) is 2.35. The summed E-state index contributed by atoms with van der Waals surface area (Å²) in [7, 11) is 0. The van der Waals surface area contributed by atoms with Crippen molar-refractivity contribution in [3.63, 3.8) is 0 Å². The SMILES string of the molecule is Cc1cn(C2CC(O)C(CO)O2)c(=O)nc1NC(=O)OC(C)(C)C. The van der Waals surface area contributed by atoms with Crippen LogP contribution in [0, 0.1) is 6.92 Å². The van der Waals surface area contributed by atoms with Gasteiger partial charge in [-0.15, -0.1) is 0 Å². The molecule has 9 nitrogen and oxygen atoms in total. The van der Waals surface area contributed by atoms with Crippen molar-refractivity contribution in [1.82, 2.24) is 9.55 Å². The highest BCUT2D eigenvalue weighted by Crippen LogP contribution is 2.27. The maximum Gasteiger partial charge on any atom is 0.413 e. The maximum atomic E-state index is 12.2. The highest BCUT2D eigenvalue weighted by atomic mass is 16.6. The molecular formula is C15H23N3O6. The summed E-state index contributed by atoms with van der Waals surface area (Å²) >= 11 is 0. The molecule has 0 radical (unpaired) electrons. The summed E-state index contributed by atoms with van der Waals surface area (Å²) in [5, 5.41) is 21.3. The second-order valence-corrected chi connectivity index (χ2v) is 6.70. The number of rotatable bonds is 3. The Kier molecular flexibility index (Phi) is 5.26. The van der Waals surface area contributed by atoms with Gasteiger partial charge in [0.15, 0.2) is 0 Å². The Morgan fingerprint density at radius 1 is 1.54 bits per heavy atom. The predicted molar refractivity (Wildman–Crippen MR) is 84.7 cm³/mol. The first kappa shape index (κ1) is 18.4. The van der Waals surface area contributed by atoms with Gasteiger partial charge >= 0.3 is 11.8 Å². The van der Waals surface area contributed by atoms with E-state index in [2.05, 4.69) is 10.3 Å². The van der Waals surface area contributed by atoms with Crippen molar-refractivity contribution in [2.75, 3.05) is 11.9 Å². The van der Waals surface area contributed by atoms with Crippen LogP contribution >= 0.6 is 0 Å². The van der Waals surface area contributed by atoms with E-state index in [9.17, 15) is 14.7 Å². The van der Waals surface area contributed by atoms with Crippen molar-refractivity contribution in [3.05, 3.63) is 22.2 Å². The van der Waals surface area contributed by atoms with Gasteiger partial charge in [-0.2, -0.15) is 4.98 Å². The number of aliphatic hydroxyl groups is 2. The quantitative estimate of drug-likeness (QED) is 0.733. The number of amides is 1. The summed E-state index contributed by atoms with van der Waals surface area (Å²) < 4.78 is 11.8. The van der Waals surface area contributed by atoms with E-state index in [1.807, 2.05) is 0 Å². The second kappa shape index (κ2) is 6.88. The first-order valence-electron chi connectivity index (χ1n) is 7.65. The molecule has 1 aromatic heterocycles. The zero-order valence-corrected chi connectivity index (χ0v) is 14.1. The van der Waals surface area contributed by atoms with Crippen LogP contribution in [0.4, 0.5) is 10.6 Å². The molecule has 2 rings (SSSR count). The van der Waals surface area contributed by atoms with E-state index in [-0.39, 0.29) is 18.8 Å². The number of carbonyl (C=O) groups excluding carboxylic acids is 1. The first-order chi connectivity index (χ1) is 11.1. The molecule has 2 heterocycles. The van der Waals surface area contributed by atoms with Gasteiger partial charge in [-0.3, -0.25) is 9.88 Å². The second-order valence-electron chi connectivity index (χ2n) is 6.70. The van der Waals surface area contributed by atoms with Crippen LogP contribution < -0.4 is 11.0 Å². The molecule has 0 saturated carbocycles. The van der Waals surface area contributed by atoms with Crippen LogP contribution in [0.1, 0.15) is 39.0 Å². The minimum absolute atomic E-state index is 0.0998. The highest BCUT2D eigenvalue weighted by Gasteiger charge is 2.35. The number of nitrogens with one attached hydrogen (secondary N) is 1. The maximum absolute atomic E-state index is 12.2. The Hall–Kier alpha value is -1.97. The number of ether oxygens (including phenoxy) is 2. The van der Waals surface area contributed by atoms with Crippen LogP contribution in [0.25, 0.3) is 0 Å². The van der Waals surface area contributed by atoms with E-state index in [0.717, 1.165) is 0 Å². The predicted octanol–water partition coefficient (Wildman–Crippen LogP) is 0.539. The molecule has 9 heteroatoms. The normalized spacial score (nSPS) is 24.0. The Morgan fingerprint density at radius 3 is 2.75 bits per heavy atom. The van der Waals surface area contributed by atoms with Crippen LogP contribution in [0.3, 0.4) is 0 Å². The van der Waals surface area contributed by atoms with Gasteiger partial charge in [0, 0.05) is 18.2 Å². The number of aromatic nitrogens is 2. The van der Waals surface area contributed by atoms with E-state index in [4.69, 9.17) is 14.6 Å². The molecule has 3 atom stereocenters. The third-order valence-electron chi connectivity index (χ3n) is 3.45. The lowest BCUT2D eigenvalue weighted by Crippen LogP contribution is -2.31. The average molecular weight is 341 g/mol. The Bertz CT molecular complexity index is 666. The van der Waals surface area contributed by atoms with Gasteiger partial charge in [0.1, 0.15) is 23.8 Å². The summed E-state index contributed by atoms with van der Waals surface area (Å²) in [5.74, 6) is 0.0998. The summed E-state index contributed by atoms with van der Waals surface area (Å²) in [4.78, 5) is 27.8. The molecule has 1 aromatic rings. The standard InChI is InChI=1S/C15H23N3O6/c1-8-6-18(11-5-9(20)10(7-19)23-11)13(21)16-12(8)17-14(22)24-15(2,3)4/h6,9-11,19-20H,5,7H2,1-4H3,(H,16,17,21,22). The minimum atomic E-state index is -0.855. The molecule has 24 heavy (non-hydrogen) atoms. The van der Waals surface area contributed by atoms with Gasteiger partial charge in [-0.1, -0.05) is 0 Å². The topological polar surface area (TPSA) is 123 Å². The number of anilines is 1. The van der Waals surface area contributed by atoms with Crippen molar-refractivity contribution in [3.8, 4) is 0 Å². The molecule has 1 aliphatic rings. The lowest BCUT2D eigenvalue weighted by molar-refractivity contribution is -0.0459. The lowest BCUT2D eigenvalue weighted by atomic mass is 10.2. The van der Waals surface area contributed by atoms with E-state index < -0.39 is 35.8 Å². The van der Waals surface area contributed by atoms with Crippen LogP contribution in [0.5, 0.6) is 0 Å². The van der Waals surface area contributed by atoms with E-state index in [0.29, 0.717) is 5.56 Å². The van der Waals surface area contributed by atoms with Gasteiger partial charge in [0.05, 0.1) is 12.7 Å². The van der Waals surface area contributed by atoms with Crippen molar-refractivity contribution < 1.29 is 24.5 Å². The van der Waals surface area contributed by atoms with E-state index in [1.165, 1.54) is 10.8 Å². The first-order valence-corrected chi connectivity index (χ1v) is 7.65. The molecule has 0 aromatic carbocycles. The van der Waals surface area contributed by atoms with Gasteiger partial charge in [-0.25, -0.2) is 9.59 Å². The van der Waals surface area contributed by atoms with Crippen molar-refractivity contribution in [1.29, 1.82) is 0 Å². The van der Waals surface area contributed by atoms with Gasteiger partial charge < -0.3 is 19.7 Å². The fraction of sp³-hybridized carbons (Fsp3) is 0.667. The third-order valence-corrected chi connectivity index (χ3v) is 3.45. The molecule has 0 spiro atoms.